The Bertz CT molecular complexity index is 2150. The molecule has 2 aromatic rings. The highest BCUT2D eigenvalue weighted by atomic mass is 16.2. The van der Waals surface area contributed by atoms with Crippen LogP contribution in [0.15, 0.2) is 48.5 Å². The molecular weight excluding hydrogens is 845 g/mol. The molecule has 3 aliphatic rings. The second kappa shape index (κ2) is 21.2. The number of carbonyl (C=O) groups is 8. The summed E-state index contributed by atoms with van der Waals surface area (Å²) >= 11 is 0. The summed E-state index contributed by atoms with van der Waals surface area (Å²) in [7, 11) is 0. The van der Waals surface area contributed by atoms with Gasteiger partial charge in [-0.3, -0.25) is 38.4 Å². The first-order valence-electron chi connectivity index (χ1n) is 23.1. The van der Waals surface area contributed by atoms with Gasteiger partial charge >= 0.3 is 0 Å². The Hall–Kier alpha value is -5.88. The van der Waals surface area contributed by atoms with Crippen molar-refractivity contribution in [3.05, 3.63) is 70.8 Å². The minimum Gasteiger partial charge on any atom is -0.368 e. The number of nitrogens with one attached hydrogen (secondary N) is 5. The largest absolute Gasteiger partial charge is 0.368 e. The summed E-state index contributed by atoms with van der Waals surface area (Å²) in [6.07, 6.45) is 3.40. The van der Waals surface area contributed by atoms with Crippen LogP contribution in [0.5, 0.6) is 0 Å². The van der Waals surface area contributed by atoms with Gasteiger partial charge in [0.15, 0.2) is 0 Å². The van der Waals surface area contributed by atoms with Crippen LogP contribution in [0.3, 0.4) is 0 Å². The number of primary amides is 1. The fourth-order valence-corrected chi connectivity index (χ4v) is 8.87. The Labute approximate surface area is 387 Å². The normalized spacial score (nSPS) is 22.5. The average Bonchev–Trinajstić information content (AvgIpc) is 3.90. The lowest BCUT2D eigenvalue weighted by molar-refractivity contribution is -0.144. The highest BCUT2D eigenvalue weighted by molar-refractivity contribution is 5.99. The number of nitrogens with zero attached hydrogens (tertiary/aromatic N) is 2. The second-order valence-electron chi connectivity index (χ2n) is 20.1. The Kier molecular flexibility index (Phi) is 16.4. The summed E-state index contributed by atoms with van der Waals surface area (Å²) in [5.74, 6) is -4.10. The molecule has 18 nitrogen and oxygen atoms in total. The van der Waals surface area contributed by atoms with Gasteiger partial charge in [0.1, 0.15) is 24.2 Å². The first-order valence-corrected chi connectivity index (χ1v) is 23.1. The van der Waals surface area contributed by atoms with Crippen LogP contribution in [0, 0.1) is 10.8 Å². The summed E-state index contributed by atoms with van der Waals surface area (Å²) in [4.78, 5) is 111. The van der Waals surface area contributed by atoms with Gasteiger partial charge in [0, 0.05) is 36.3 Å². The number of hydrogen-bond acceptors (Lipinski definition) is 10. The molecule has 9 atom stereocenters. The maximum atomic E-state index is 14.5. The molecular formula is C48H70N10O8. The van der Waals surface area contributed by atoms with E-state index in [0.29, 0.717) is 12.8 Å². The van der Waals surface area contributed by atoms with E-state index in [-0.39, 0.29) is 49.0 Å². The van der Waals surface area contributed by atoms with Gasteiger partial charge in [-0.15, -0.1) is 0 Å². The molecule has 11 N–H and O–H groups in total. The van der Waals surface area contributed by atoms with Gasteiger partial charge in [0.2, 0.25) is 35.4 Å². The molecule has 0 radical (unpaired) electrons. The zero-order valence-corrected chi connectivity index (χ0v) is 39.6. The van der Waals surface area contributed by atoms with Crippen molar-refractivity contribution in [2.24, 2.45) is 28.0 Å². The van der Waals surface area contributed by atoms with E-state index in [9.17, 15) is 38.4 Å². The molecule has 1 aliphatic carbocycles. The zero-order valence-electron chi connectivity index (χ0n) is 39.6. The SMILES string of the molecule is CC[C@H](N)C(=O)N[C@H](C(=O)N1C[C@@H](NC(=O)c2ccc(C(=O)N[C@H]3C[C@@H](C(=O)N[C@@H]4CCCc5ccccc54)N(C(=O)[C@@H](NC(=O)[C@@H](N)CC)C(C)(C)C)C3)cc2)C[C@H]1C(N)=O)C(C)(C)C. The third kappa shape index (κ3) is 12.1. The van der Waals surface area contributed by atoms with Crippen LogP contribution in [0.2, 0.25) is 0 Å². The lowest BCUT2D eigenvalue weighted by Crippen LogP contribution is -2.59. The molecule has 0 spiro atoms. The van der Waals surface area contributed by atoms with Gasteiger partial charge < -0.3 is 53.6 Å². The van der Waals surface area contributed by atoms with Crippen LogP contribution < -0.4 is 43.8 Å². The van der Waals surface area contributed by atoms with Crippen molar-refractivity contribution in [2.45, 2.75) is 155 Å². The fraction of sp³-hybridized carbons (Fsp3) is 0.583. The molecule has 18 heteroatoms. The number of likely N-dealkylation sites (tertiary alicyclic amines) is 2. The van der Waals surface area contributed by atoms with Crippen molar-refractivity contribution in [1.29, 1.82) is 0 Å². The Morgan fingerprint density at radius 3 is 1.53 bits per heavy atom. The predicted molar refractivity (Wildman–Crippen MR) is 248 cm³/mol. The van der Waals surface area contributed by atoms with E-state index in [1.54, 1.807) is 34.6 Å². The molecule has 0 bridgehead atoms. The average molecular weight is 915 g/mol. The molecule has 0 unspecified atom stereocenters. The quantitative estimate of drug-likeness (QED) is 0.127. The minimum absolute atomic E-state index is 0.00492. The number of amides is 8. The lowest BCUT2D eigenvalue weighted by Gasteiger charge is -2.36. The molecule has 5 rings (SSSR count). The zero-order chi connectivity index (χ0) is 48.8. The highest BCUT2D eigenvalue weighted by Crippen LogP contribution is 2.32. The Morgan fingerprint density at radius 1 is 0.652 bits per heavy atom. The standard InChI is InChI=1S/C48H70N10O8/c1-9-32(49)42(62)55-37(47(3,4)5)45(65)57-24-29(22-35(57)39(51)59)52-40(60)27-18-20-28(21-19-27)41(61)53-30-23-36(44(64)54-34-17-13-15-26-14-11-12-16-31(26)34)58(25-30)46(66)38(48(6,7)8)56-43(63)33(50)10-2/h11-12,14,16,18-21,29-30,32-38H,9-10,13,15,17,22-25,49-50H2,1-8H3,(H2,51,59)(H,52,60)(H,53,61)(H,54,64)(H,55,62)(H,56,63)/t29-,30-,32-,33-,34+,35-,36-,37+,38+/m0/s1. The second-order valence-corrected chi connectivity index (χ2v) is 20.1. The molecule has 2 heterocycles. The van der Waals surface area contributed by atoms with E-state index in [2.05, 4.69) is 26.6 Å². The van der Waals surface area contributed by atoms with Gasteiger partial charge in [-0.2, -0.15) is 0 Å². The highest BCUT2D eigenvalue weighted by Gasteiger charge is 2.47. The number of fused-ring (bicyclic) bond motifs is 1. The maximum absolute atomic E-state index is 14.5. The molecule has 2 fully saturated rings. The van der Waals surface area contributed by atoms with E-state index >= 15 is 0 Å². The number of benzene rings is 2. The van der Waals surface area contributed by atoms with Crippen molar-refractivity contribution in [3.63, 3.8) is 0 Å². The molecule has 360 valence electrons. The van der Waals surface area contributed by atoms with Gasteiger partial charge in [0.05, 0.1) is 18.1 Å². The summed E-state index contributed by atoms with van der Waals surface area (Å²) in [6, 6.07) is 6.60. The third-order valence-electron chi connectivity index (χ3n) is 12.9. The van der Waals surface area contributed by atoms with Crippen molar-refractivity contribution in [3.8, 4) is 0 Å². The minimum atomic E-state index is -1.04. The van der Waals surface area contributed by atoms with Gasteiger partial charge in [-0.05, 0) is 91.2 Å². The van der Waals surface area contributed by atoms with Gasteiger partial charge in [-0.1, -0.05) is 79.7 Å². The molecule has 66 heavy (non-hydrogen) atoms. The molecule has 0 saturated carbocycles. The lowest BCUT2D eigenvalue weighted by atomic mass is 9.85. The van der Waals surface area contributed by atoms with Crippen LogP contribution >= 0.6 is 0 Å². The Morgan fingerprint density at radius 2 is 1.09 bits per heavy atom. The van der Waals surface area contributed by atoms with Crippen molar-refractivity contribution >= 4 is 47.3 Å². The van der Waals surface area contributed by atoms with E-state index in [1.807, 2.05) is 45.0 Å². The predicted octanol–water partition coefficient (Wildman–Crippen LogP) is 1.30. The third-order valence-corrected chi connectivity index (χ3v) is 12.9. The van der Waals surface area contributed by atoms with Crippen LogP contribution in [0.1, 0.15) is 132 Å². The Balaban J connectivity index is 1.28. The van der Waals surface area contributed by atoms with Crippen LogP contribution in [0.25, 0.3) is 0 Å². The van der Waals surface area contributed by atoms with Crippen molar-refractivity contribution in [1.82, 2.24) is 36.4 Å². The van der Waals surface area contributed by atoms with Crippen LogP contribution in [0.4, 0.5) is 0 Å². The first kappa shape index (κ1) is 51.1. The van der Waals surface area contributed by atoms with E-state index in [1.165, 1.54) is 34.1 Å². The molecule has 2 aliphatic heterocycles. The number of hydrogen-bond donors (Lipinski definition) is 8. The smallest absolute Gasteiger partial charge is 0.251 e. The fourth-order valence-electron chi connectivity index (χ4n) is 8.87. The monoisotopic (exact) mass is 915 g/mol. The number of aryl methyl sites for hydroxylation is 1. The topological polar surface area (TPSA) is 281 Å². The van der Waals surface area contributed by atoms with Crippen LogP contribution in [-0.2, 0) is 35.2 Å². The molecule has 0 aromatic heterocycles. The molecule has 2 saturated heterocycles. The van der Waals surface area contributed by atoms with E-state index in [4.69, 9.17) is 17.2 Å². The number of rotatable bonds is 15. The van der Waals surface area contributed by atoms with Crippen molar-refractivity contribution in [2.75, 3.05) is 13.1 Å². The number of carbonyl (C=O) groups excluding carboxylic acids is 8. The summed E-state index contributed by atoms with van der Waals surface area (Å²) in [5, 5.41) is 14.6. The van der Waals surface area contributed by atoms with Crippen LogP contribution in [-0.4, -0.2) is 118 Å². The summed E-state index contributed by atoms with van der Waals surface area (Å²) < 4.78 is 0. The molecule has 8 amide bonds. The number of nitrogens with two attached hydrogens (primary N) is 3. The summed E-state index contributed by atoms with van der Waals surface area (Å²) in [6.45, 7) is 14.3. The van der Waals surface area contributed by atoms with Gasteiger partial charge in [-0.25, -0.2) is 0 Å². The van der Waals surface area contributed by atoms with E-state index in [0.717, 1.165) is 30.4 Å². The van der Waals surface area contributed by atoms with E-state index < -0.39 is 101 Å². The summed E-state index contributed by atoms with van der Waals surface area (Å²) in [5.41, 5.74) is 18.8. The maximum Gasteiger partial charge on any atom is 0.251 e. The van der Waals surface area contributed by atoms with Crippen molar-refractivity contribution < 1.29 is 38.4 Å². The first-order chi connectivity index (χ1) is 30.9. The molecule has 2 aromatic carbocycles. The van der Waals surface area contributed by atoms with Gasteiger partial charge in [0.25, 0.3) is 11.8 Å².